The average Bonchev–Trinajstić information content (AvgIpc) is 2.52. The van der Waals surface area contributed by atoms with Crippen LogP contribution in [-0.4, -0.2) is 43.4 Å². The fraction of sp³-hybridized carbons (Fsp3) is 0.867. The number of ether oxygens (including phenoxy) is 1. The first-order valence-electron chi connectivity index (χ1n) is 7.97. The van der Waals surface area contributed by atoms with Crippen LogP contribution >= 0.6 is 0 Å². The highest BCUT2D eigenvalue weighted by Crippen LogP contribution is 2.28. The monoisotopic (exact) mass is 298 g/mol. The molecule has 1 aliphatic carbocycles. The number of nitrogens with one attached hydrogen (secondary N) is 2. The number of carbonyl (C=O) groups excluding carboxylic acids is 1. The summed E-state index contributed by atoms with van der Waals surface area (Å²) in [7, 11) is 0. The second-order valence-electron chi connectivity index (χ2n) is 6.20. The Labute approximate surface area is 125 Å². The third-order valence-electron chi connectivity index (χ3n) is 4.64. The van der Waals surface area contributed by atoms with Crippen LogP contribution in [0.25, 0.3) is 0 Å². The second-order valence-corrected chi connectivity index (χ2v) is 6.20. The molecule has 1 aliphatic heterocycles. The average molecular weight is 298 g/mol. The maximum Gasteiger partial charge on any atom is 0.314 e. The maximum absolute atomic E-state index is 11.8. The lowest BCUT2D eigenvalue weighted by Gasteiger charge is -2.26. The van der Waals surface area contributed by atoms with Gasteiger partial charge in [-0.3, -0.25) is 4.79 Å². The summed E-state index contributed by atoms with van der Waals surface area (Å²) in [5.41, 5.74) is 0. The Balaban J connectivity index is 1.55. The third-order valence-corrected chi connectivity index (χ3v) is 4.64. The van der Waals surface area contributed by atoms with Crippen molar-refractivity contribution in [1.82, 2.24) is 10.6 Å². The molecule has 2 amide bonds. The molecule has 6 nitrogen and oxygen atoms in total. The Bertz CT molecular complexity index is 348. The van der Waals surface area contributed by atoms with Gasteiger partial charge in [0.2, 0.25) is 0 Å². The maximum atomic E-state index is 11.8. The van der Waals surface area contributed by atoms with Gasteiger partial charge in [0.1, 0.15) is 0 Å². The molecule has 1 heterocycles. The molecule has 0 bridgehead atoms. The van der Waals surface area contributed by atoms with E-state index >= 15 is 0 Å². The zero-order valence-corrected chi connectivity index (χ0v) is 12.5. The van der Waals surface area contributed by atoms with Gasteiger partial charge in [-0.25, -0.2) is 4.79 Å². The van der Waals surface area contributed by atoms with Crippen LogP contribution in [0.3, 0.4) is 0 Å². The van der Waals surface area contributed by atoms with Crippen LogP contribution in [0.2, 0.25) is 0 Å². The van der Waals surface area contributed by atoms with Crippen molar-refractivity contribution in [3.63, 3.8) is 0 Å². The molecule has 1 saturated heterocycles. The Morgan fingerprint density at radius 3 is 1.95 bits per heavy atom. The number of urea groups is 1. The summed E-state index contributed by atoms with van der Waals surface area (Å²) in [6.07, 6.45) is 5.25. The fourth-order valence-electron chi connectivity index (χ4n) is 3.10. The topological polar surface area (TPSA) is 87.7 Å². The minimum absolute atomic E-state index is 0.109. The minimum Gasteiger partial charge on any atom is -0.481 e. The van der Waals surface area contributed by atoms with Crippen LogP contribution in [0, 0.1) is 17.8 Å². The van der Waals surface area contributed by atoms with Crippen molar-refractivity contribution in [3.05, 3.63) is 0 Å². The second kappa shape index (κ2) is 8.22. The Kier molecular flexibility index (Phi) is 6.29. The van der Waals surface area contributed by atoms with E-state index < -0.39 is 5.97 Å². The highest BCUT2D eigenvalue weighted by atomic mass is 16.5. The van der Waals surface area contributed by atoms with Gasteiger partial charge in [0, 0.05) is 26.3 Å². The summed E-state index contributed by atoms with van der Waals surface area (Å²) in [6.45, 7) is 2.94. The van der Waals surface area contributed by atoms with Crippen molar-refractivity contribution in [1.29, 1.82) is 0 Å². The van der Waals surface area contributed by atoms with Gasteiger partial charge in [-0.2, -0.15) is 0 Å². The van der Waals surface area contributed by atoms with Gasteiger partial charge in [0.15, 0.2) is 0 Å². The van der Waals surface area contributed by atoms with Crippen LogP contribution in [0.1, 0.15) is 38.5 Å². The Morgan fingerprint density at radius 1 is 0.905 bits per heavy atom. The van der Waals surface area contributed by atoms with E-state index in [1.54, 1.807) is 0 Å². The van der Waals surface area contributed by atoms with Gasteiger partial charge >= 0.3 is 12.0 Å². The van der Waals surface area contributed by atoms with Crippen LogP contribution in [0.4, 0.5) is 4.79 Å². The summed E-state index contributed by atoms with van der Waals surface area (Å²) in [4.78, 5) is 22.6. The van der Waals surface area contributed by atoms with Crippen LogP contribution in [0.5, 0.6) is 0 Å². The zero-order chi connectivity index (χ0) is 15.1. The van der Waals surface area contributed by atoms with Crippen molar-refractivity contribution in [2.45, 2.75) is 38.5 Å². The molecule has 0 radical (unpaired) electrons. The molecule has 2 rings (SSSR count). The molecular weight excluding hydrogens is 272 g/mol. The first-order chi connectivity index (χ1) is 10.1. The van der Waals surface area contributed by atoms with Gasteiger partial charge in [-0.15, -0.1) is 0 Å². The quantitative estimate of drug-likeness (QED) is 0.719. The highest BCUT2D eigenvalue weighted by Gasteiger charge is 2.26. The Hall–Kier alpha value is -1.30. The summed E-state index contributed by atoms with van der Waals surface area (Å²) in [5, 5.41) is 14.8. The van der Waals surface area contributed by atoms with Crippen molar-refractivity contribution in [2.75, 3.05) is 26.3 Å². The van der Waals surface area contributed by atoms with Gasteiger partial charge in [-0.1, -0.05) is 0 Å². The van der Waals surface area contributed by atoms with E-state index in [1.807, 2.05) is 0 Å². The molecule has 0 unspecified atom stereocenters. The molecule has 1 saturated carbocycles. The van der Waals surface area contributed by atoms with E-state index in [-0.39, 0.29) is 11.9 Å². The predicted octanol–water partition coefficient (Wildman–Crippen LogP) is 1.60. The van der Waals surface area contributed by atoms with E-state index in [2.05, 4.69) is 10.6 Å². The van der Waals surface area contributed by atoms with Crippen LogP contribution in [0.15, 0.2) is 0 Å². The smallest absolute Gasteiger partial charge is 0.314 e. The third kappa shape index (κ3) is 5.53. The van der Waals surface area contributed by atoms with Gasteiger partial charge in [0.05, 0.1) is 5.92 Å². The predicted molar refractivity (Wildman–Crippen MR) is 78.0 cm³/mol. The standard InChI is InChI=1S/C15H26N2O4/c18-14(19)13-3-1-11(2-4-13)9-16-15(20)17-10-12-5-7-21-8-6-12/h11-13H,1-10H2,(H,18,19)(H2,16,17,20). The van der Waals surface area contributed by atoms with E-state index in [9.17, 15) is 9.59 Å². The summed E-state index contributed by atoms with van der Waals surface area (Å²) >= 11 is 0. The van der Waals surface area contributed by atoms with Gasteiger partial charge < -0.3 is 20.5 Å². The van der Waals surface area contributed by atoms with Crippen molar-refractivity contribution in [3.8, 4) is 0 Å². The number of hydrogen-bond donors (Lipinski definition) is 3. The number of rotatable bonds is 5. The molecule has 120 valence electrons. The SMILES string of the molecule is O=C(NCC1CCOCC1)NCC1CCC(C(=O)O)CC1. The number of amides is 2. The molecule has 0 spiro atoms. The van der Waals surface area contributed by atoms with Gasteiger partial charge in [0.25, 0.3) is 0 Å². The van der Waals surface area contributed by atoms with E-state index in [1.165, 1.54) is 0 Å². The molecule has 2 aliphatic rings. The molecule has 2 fully saturated rings. The molecule has 0 aromatic heterocycles. The number of carboxylic acids is 1. The van der Waals surface area contributed by atoms with Crippen molar-refractivity contribution >= 4 is 12.0 Å². The summed E-state index contributed by atoms with van der Waals surface area (Å²) in [6, 6.07) is -0.109. The largest absolute Gasteiger partial charge is 0.481 e. The lowest BCUT2D eigenvalue weighted by atomic mass is 9.82. The van der Waals surface area contributed by atoms with Crippen LogP contribution in [-0.2, 0) is 9.53 Å². The fourth-order valence-corrected chi connectivity index (χ4v) is 3.10. The van der Waals surface area contributed by atoms with Gasteiger partial charge in [-0.05, 0) is 50.4 Å². The normalized spacial score (nSPS) is 27.0. The van der Waals surface area contributed by atoms with E-state index in [0.717, 1.165) is 51.7 Å². The van der Waals surface area contributed by atoms with Crippen molar-refractivity contribution < 1.29 is 19.4 Å². The highest BCUT2D eigenvalue weighted by molar-refractivity contribution is 5.73. The number of aliphatic carboxylic acids is 1. The molecule has 0 aromatic carbocycles. The van der Waals surface area contributed by atoms with E-state index in [4.69, 9.17) is 9.84 Å². The number of hydrogen-bond acceptors (Lipinski definition) is 3. The minimum atomic E-state index is -0.685. The zero-order valence-electron chi connectivity index (χ0n) is 12.5. The summed E-state index contributed by atoms with van der Waals surface area (Å²) in [5.74, 6) is 0.0594. The molecule has 0 aromatic rings. The Morgan fingerprint density at radius 2 is 1.43 bits per heavy atom. The lowest BCUT2D eigenvalue weighted by molar-refractivity contribution is -0.143. The lowest BCUT2D eigenvalue weighted by Crippen LogP contribution is -2.41. The number of carboxylic acid groups (broad SMARTS) is 1. The molecule has 21 heavy (non-hydrogen) atoms. The van der Waals surface area contributed by atoms with E-state index in [0.29, 0.717) is 24.9 Å². The molecule has 6 heteroatoms. The molecular formula is C15H26N2O4. The first kappa shape index (κ1) is 16.1. The molecule has 0 atom stereocenters. The van der Waals surface area contributed by atoms with Crippen molar-refractivity contribution in [2.24, 2.45) is 17.8 Å². The summed E-state index contributed by atoms with van der Waals surface area (Å²) < 4.78 is 5.29. The van der Waals surface area contributed by atoms with Crippen LogP contribution < -0.4 is 10.6 Å². The first-order valence-corrected chi connectivity index (χ1v) is 7.97. The molecule has 3 N–H and O–H groups in total. The number of carbonyl (C=O) groups is 2.